The van der Waals surface area contributed by atoms with Gasteiger partial charge in [0, 0.05) is 19.5 Å². The number of piperidine rings is 1. The predicted molar refractivity (Wildman–Crippen MR) is 102 cm³/mol. The van der Waals surface area contributed by atoms with Gasteiger partial charge in [0.05, 0.1) is 19.1 Å². The van der Waals surface area contributed by atoms with Gasteiger partial charge < -0.3 is 14.1 Å². The molecule has 0 radical (unpaired) electrons. The van der Waals surface area contributed by atoms with Crippen LogP contribution in [0.4, 0.5) is 0 Å². The first kappa shape index (κ1) is 18.1. The van der Waals surface area contributed by atoms with E-state index < -0.39 is 0 Å². The number of benzene rings is 1. The summed E-state index contributed by atoms with van der Waals surface area (Å²) in [4.78, 5) is 26.8. The van der Waals surface area contributed by atoms with Crippen LogP contribution in [-0.2, 0) is 6.42 Å². The van der Waals surface area contributed by atoms with Crippen LogP contribution in [0, 0.1) is 5.92 Å². The van der Waals surface area contributed by atoms with Crippen LogP contribution in [0.2, 0.25) is 0 Å². The van der Waals surface area contributed by atoms with Crippen LogP contribution < -0.4 is 10.4 Å². The maximum Gasteiger partial charge on any atom is 0.348 e. The smallest absolute Gasteiger partial charge is 0.348 e. The van der Waals surface area contributed by atoms with E-state index in [9.17, 15) is 9.59 Å². The minimum Gasteiger partial charge on any atom is -0.495 e. The van der Waals surface area contributed by atoms with Gasteiger partial charge in [0.25, 0.3) is 5.91 Å². The van der Waals surface area contributed by atoms with Crippen molar-refractivity contribution in [1.82, 2.24) is 19.7 Å². The number of rotatable bonds is 5. The van der Waals surface area contributed by atoms with E-state index >= 15 is 0 Å². The minimum absolute atomic E-state index is 0.0983. The van der Waals surface area contributed by atoms with Crippen molar-refractivity contribution in [2.24, 2.45) is 5.92 Å². The number of hydrogen-bond acceptors (Lipinski definition) is 5. The molecule has 8 nitrogen and oxygen atoms in total. The third-order valence-electron chi connectivity index (χ3n) is 5.08. The largest absolute Gasteiger partial charge is 0.495 e. The van der Waals surface area contributed by atoms with Crippen LogP contribution in [-0.4, -0.2) is 45.8 Å². The Balaban J connectivity index is 1.55. The molecule has 2 aromatic heterocycles. The average molecular weight is 382 g/mol. The molecule has 4 rings (SSSR count). The monoisotopic (exact) mass is 382 g/mol. The maximum atomic E-state index is 12.6. The van der Waals surface area contributed by atoms with E-state index in [1.165, 1.54) is 6.26 Å². The van der Waals surface area contributed by atoms with Crippen molar-refractivity contribution >= 4 is 5.91 Å². The molecule has 1 aromatic carbocycles. The van der Waals surface area contributed by atoms with Gasteiger partial charge in [0.1, 0.15) is 11.6 Å². The predicted octanol–water partition coefficient (Wildman–Crippen LogP) is 2.26. The standard InChI is InChI=1S/C20H22N4O4/c1-27-16-8-3-2-7-15(16)24-18(21-22-20(24)26)12-14-6-4-10-23(13-14)19(25)17-9-5-11-28-17/h2-3,5,7-9,11,14H,4,6,10,12-13H2,1H3,(H,22,26). The molecule has 1 aliphatic heterocycles. The zero-order chi connectivity index (χ0) is 19.5. The zero-order valence-corrected chi connectivity index (χ0v) is 15.6. The van der Waals surface area contributed by atoms with Crippen LogP contribution in [0.25, 0.3) is 5.69 Å². The van der Waals surface area contributed by atoms with E-state index in [0.29, 0.717) is 42.5 Å². The second-order valence-electron chi connectivity index (χ2n) is 6.89. The number of nitrogens with zero attached hydrogens (tertiary/aromatic N) is 3. The Morgan fingerprint density at radius 3 is 2.96 bits per heavy atom. The highest BCUT2D eigenvalue weighted by atomic mass is 16.5. The number of hydrogen-bond donors (Lipinski definition) is 1. The molecule has 1 saturated heterocycles. The summed E-state index contributed by atoms with van der Waals surface area (Å²) in [6, 6.07) is 10.7. The summed E-state index contributed by atoms with van der Waals surface area (Å²) >= 11 is 0. The van der Waals surface area contributed by atoms with Gasteiger partial charge in [-0.25, -0.2) is 14.5 Å². The number of aromatic nitrogens is 3. The van der Waals surface area contributed by atoms with Crippen LogP contribution in [0.3, 0.4) is 0 Å². The van der Waals surface area contributed by atoms with Gasteiger partial charge in [-0.1, -0.05) is 12.1 Å². The molecular formula is C20H22N4O4. The van der Waals surface area contributed by atoms with E-state index in [1.54, 1.807) is 23.8 Å². The molecule has 28 heavy (non-hydrogen) atoms. The Morgan fingerprint density at radius 1 is 1.32 bits per heavy atom. The topological polar surface area (TPSA) is 93.4 Å². The summed E-state index contributed by atoms with van der Waals surface area (Å²) in [7, 11) is 1.57. The Bertz CT molecular complexity index is 1010. The summed E-state index contributed by atoms with van der Waals surface area (Å²) in [5, 5.41) is 6.77. The third kappa shape index (κ3) is 3.45. The summed E-state index contributed by atoms with van der Waals surface area (Å²) in [6.07, 6.45) is 3.96. The maximum absolute atomic E-state index is 12.6. The van der Waals surface area contributed by atoms with Crippen molar-refractivity contribution in [3.8, 4) is 11.4 Å². The number of likely N-dealkylation sites (tertiary alicyclic amines) is 1. The molecule has 0 bridgehead atoms. The summed E-state index contributed by atoms with van der Waals surface area (Å²) < 4.78 is 12.2. The van der Waals surface area contributed by atoms with E-state index in [1.807, 2.05) is 29.2 Å². The van der Waals surface area contributed by atoms with Crippen molar-refractivity contribution < 1.29 is 13.9 Å². The summed E-state index contributed by atoms with van der Waals surface area (Å²) in [5.41, 5.74) is 0.344. The number of carbonyl (C=O) groups excluding carboxylic acids is 1. The number of para-hydroxylation sites is 2. The van der Waals surface area contributed by atoms with Gasteiger partial charge in [-0.2, -0.15) is 5.10 Å². The summed E-state index contributed by atoms with van der Waals surface area (Å²) in [6.45, 7) is 1.31. The van der Waals surface area contributed by atoms with E-state index in [2.05, 4.69) is 10.2 Å². The Morgan fingerprint density at radius 2 is 2.18 bits per heavy atom. The fraction of sp³-hybridized carbons (Fsp3) is 0.350. The lowest BCUT2D eigenvalue weighted by Crippen LogP contribution is -2.40. The SMILES string of the molecule is COc1ccccc1-n1c(CC2CCCN(C(=O)c3ccco3)C2)n[nH]c1=O. The number of aromatic amines is 1. The van der Waals surface area contributed by atoms with Crippen molar-refractivity contribution in [3.05, 3.63) is 64.7 Å². The fourth-order valence-corrected chi connectivity index (χ4v) is 3.76. The zero-order valence-electron chi connectivity index (χ0n) is 15.6. The lowest BCUT2D eigenvalue weighted by atomic mass is 9.94. The Kier molecular flexibility index (Phi) is 5.01. The molecule has 0 aliphatic carbocycles. The fourth-order valence-electron chi connectivity index (χ4n) is 3.76. The van der Waals surface area contributed by atoms with E-state index in [-0.39, 0.29) is 17.5 Å². The molecule has 0 saturated carbocycles. The number of furan rings is 1. The second-order valence-corrected chi connectivity index (χ2v) is 6.89. The molecule has 8 heteroatoms. The molecule has 1 unspecified atom stereocenters. The van der Waals surface area contributed by atoms with Crippen molar-refractivity contribution in [2.45, 2.75) is 19.3 Å². The Hall–Kier alpha value is -3.29. The quantitative estimate of drug-likeness (QED) is 0.731. The lowest BCUT2D eigenvalue weighted by molar-refractivity contribution is 0.0640. The molecule has 1 atom stereocenters. The van der Waals surface area contributed by atoms with Crippen molar-refractivity contribution in [3.63, 3.8) is 0 Å². The Labute approximate surface area is 161 Å². The molecular weight excluding hydrogens is 360 g/mol. The normalized spacial score (nSPS) is 16.9. The van der Waals surface area contributed by atoms with Crippen molar-refractivity contribution in [1.29, 1.82) is 0 Å². The molecule has 1 aliphatic rings. The lowest BCUT2D eigenvalue weighted by Gasteiger charge is -2.32. The summed E-state index contributed by atoms with van der Waals surface area (Å²) in [5.74, 6) is 1.69. The highest BCUT2D eigenvalue weighted by Gasteiger charge is 2.27. The highest BCUT2D eigenvalue weighted by Crippen LogP contribution is 2.25. The van der Waals surface area contributed by atoms with Gasteiger partial charge in [-0.05, 0) is 43.0 Å². The van der Waals surface area contributed by atoms with Gasteiger partial charge in [-0.3, -0.25) is 4.79 Å². The number of methoxy groups -OCH3 is 1. The van der Waals surface area contributed by atoms with Crippen LogP contribution in [0.15, 0.2) is 51.9 Å². The number of amides is 1. The minimum atomic E-state index is -0.307. The van der Waals surface area contributed by atoms with Gasteiger partial charge in [0.15, 0.2) is 5.76 Å². The number of ether oxygens (including phenoxy) is 1. The molecule has 1 N–H and O–H groups in total. The number of nitrogens with one attached hydrogen (secondary N) is 1. The molecule has 1 fully saturated rings. The van der Waals surface area contributed by atoms with E-state index in [0.717, 1.165) is 12.8 Å². The molecule has 3 heterocycles. The molecule has 1 amide bonds. The van der Waals surface area contributed by atoms with Crippen LogP contribution >= 0.6 is 0 Å². The van der Waals surface area contributed by atoms with E-state index in [4.69, 9.17) is 9.15 Å². The first-order valence-electron chi connectivity index (χ1n) is 9.30. The second kappa shape index (κ2) is 7.75. The molecule has 0 spiro atoms. The first-order chi connectivity index (χ1) is 13.7. The van der Waals surface area contributed by atoms with Gasteiger partial charge in [0.2, 0.25) is 0 Å². The number of carbonyl (C=O) groups is 1. The van der Waals surface area contributed by atoms with Crippen molar-refractivity contribution in [2.75, 3.05) is 20.2 Å². The molecule has 3 aromatic rings. The average Bonchev–Trinajstić information content (AvgIpc) is 3.38. The van der Waals surface area contributed by atoms with Crippen LogP contribution in [0.1, 0.15) is 29.2 Å². The van der Waals surface area contributed by atoms with Gasteiger partial charge >= 0.3 is 5.69 Å². The van der Waals surface area contributed by atoms with Gasteiger partial charge in [-0.15, -0.1) is 0 Å². The first-order valence-corrected chi connectivity index (χ1v) is 9.30. The van der Waals surface area contributed by atoms with Crippen LogP contribution in [0.5, 0.6) is 5.75 Å². The highest BCUT2D eigenvalue weighted by molar-refractivity contribution is 5.91. The third-order valence-corrected chi connectivity index (χ3v) is 5.08. The number of H-pyrrole nitrogens is 1. The molecule has 146 valence electrons.